The number of benzene rings is 2. The predicted molar refractivity (Wildman–Crippen MR) is 106 cm³/mol. The van der Waals surface area contributed by atoms with Crippen molar-refractivity contribution in [2.24, 2.45) is 0 Å². The average Bonchev–Trinajstić information content (AvgIpc) is 3.21. The average molecular weight is 388 g/mol. The molecule has 1 aliphatic rings. The van der Waals surface area contributed by atoms with E-state index in [9.17, 15) is 9.90 Å². The molecule has 26 heavy (non-hydrogen) atoms. The molecule has 1 aromatic heterocycles. The molecule has 2 heterocycles. The molecule has 0 aliphatic carbocycles. The maximum atomic E-state index is 11.7. The largest absolute Gasteiger partial charge is 0.487 e. The molecule has 0 saturated carbocycles. The Labute approximate surface area is 160 Å². The van der Waals surface area contributed by atoms with Crippen LogP contribution in [0.1, 0.15) is 22.6 Å². The minimum absolute atomic E-state index is 0.00161. The number of thiophene rings is 1. The van der Waals surface area contributed by atoms with Gasteiger partial charge in [0.15, 0.2) is 0 Å². The van der Waals surface area contributed by atoms with Gasteiger partial charge in [0, 0.05) is 29.8 Å². The first-order valence-electron chi connectivity index (χ1n) is 8.38. The van der Waals surface area contributed by atoms with Crippen LogP contribution in [-0.2, 0) is 6.61 Å². The molecule has 0 radical (unpaired) electrons. The van der Waals surface area contributed by atoms with E-state index in [-0.39, 0.29) is 5.92 Å². The zero-order valence-electron chi connectivity index (χ0n) is 14.2. The van der Waals surface area contributed by atoms with Gasteiger partial charge in [-0.1, -0.05) is 30.3 Å². The molecule has 1 atom stereocenters. The van der Waals surface area contributed by atoms with Crippen LogP contribution in [0.25, 0.3) is 10.1 Å². The number of anilines is 1. The molecule has 0 fully saturated rings. The number of fused-ring (bicyclic) bond motifs is 3. The number of aryl methyl sites for hydroxylation is 1. The fraction of sp³-hybridized carbons (Fsp3) is 0.250. The third-order valence-electron chi connectivity index (χ3n) is 4.77. The van der Waals surface area contributed by atoms with E-state index in [1.54, 1.807) is 11.3 Å². The highest BCUT2D eigenvalue weighted by Gasteiger charge is 2.35. The third-order valence-corrected chi connectivity index (χ3v) is 6.25. The van der Waals surface area contributed by atoms with Crippen molar-refractivity contribution in [3.05, 3.63) is 58.5 Å². The second-order valence-corrected chi connectivity index (χ2v) is 7.64. The summed E-state index contributed by atoms with van der Waals surface area (Å²) in [6.07, 6.45) is -0.958. The number of carbonyl (C=O) groups is 1. The van der Waals surface area contributed by atoms with Crippen LogP contribution in [0, 0.1) is 6.92 Å². The number of amides is 1. The van der Waals surface area contributed by atoms with Gasteiger partial charge in [0.2, 0.25) is 0 Å². The van der Waals surface area contributed by atoms with Crippen molar-refractivity contribution in [1.29, 1.82) is 0 Å². The Morgan fingerprint density at radius 1 is 1.38 bits per heavy atom. The van der Waals surface area contributed by atoms with Crippen molar-refractivity contribution in [1.82, 2.24) is 0 Å². The second-order valence-electron chi connectivity index (χ2n) is 6.45. The summed E-state index contributed by atoms with van der Waals surface area (Å²) in [5.74, 6) is 1.12. The number of alkyl halides is 1. The number of hydrogen-bond acceptors (Lipinski definition) is 3. The molecule has 4 rings (SSSR count). The van der Waals surface area contributed by atoms with Crippen molar-refractivity contribution < 1.29 is 14.6 Å². The van der Waals surface area contributed by atoms with Crippen LogP contribution < -0.4 is 9.64 Å². The van der Waals surface area contributed by atoms with E-state index in [1.165, 1.54) is 4.90 Å². The Morgan fingerprint density at radius 3 is 2.85 bits per heavy atom. The van der Waals surface area contributed by atoms with Gasteiger partial charge < -0.3 is 9.84 Å². The lowest BCUT2D eigenvalue weighted by Gasteiger charge is -2.16. The van der Waals surface area contributed by atoms with E-state index in [1.807, 2.05) is 36.4 Å². The standard InChI is InChI=1S/C20H18ClNO3S/c1-12-11-26-19-16(25-10-13-5-3-2-4-6-13)7-15-18(17(12)19)14(8-21)9-22(15)20(23)24/h2-7,11,14H,8-10H2,1H3,(H,23,24). The zero-order chi connectivity index (χ0) is 18.3. The molecule has 0 spiro atoms. The number of nitrogens with zero attached hydrogens (tertiary/aromatic N) is 1. The lowest BCUT2D eigenvalue weighted by molar-refractivity contribution is 0.202. The molecule has 1 N–H and O–H groups in total. The van der Waals surface area contributed by atoms with E-state index in [0.717, 1.165) is 32.5 Å². The van der Waals surface area contributed by atoms with Gasteiger partial charge in [0.1, 0.15) is 12.4 Å². The summed E-state index contributed by atoms with van der Waals surface area (Å²) in [4.78, 5) is 13.1. The summed E-state index contributed by atoms with van der Waals surface area (Å²) in [7, 11) is 0. The molecule has 4 nitrogen and oxygen atoms in total. The summed E-state index contributed by atoms with van der Waals surface area (Å²) >= 11 is 7.79. The van der Waals surface area contributed by atoms with Gasteiger partial charge in [-0.05, 0) is 29.0 Å². The van der Waals surface area contributed by atoms with Crippen LogP contribution in [0.5, 0.6) is 5.75 Å². The monoisotopic (exact) mass is 387 g/mol. The zero-order valence-corrected chi connectivity index (χ0v) is 15.8. The highest BCUT2D eigenvalue weighted by atomic mass is 35.5. The Bertz CT molecular complexity index is 970. The number of rotatable bonds is 4. The molecule has 0 bridgehead atoms. The van der Waals surface area contributed by atoms with E-state index in [2.05, 4.69) is 12.3 Å². The van der Waals surface area contributed by atoms with Gasteiger partial charge in [-0.25, -0.2) is 4.79 Å². The van der Waals surface area contributed by atoms with Gasteiger partial charge in [-0.3, -0.25) is 4.90 Å². The van der Waals surface area contributed by atoms with Crippen LogP contribution in [0.2, 0.25) is 0 Å². The summed E-state index contributed by atoms with van der Waals surface area (Å²) in [6.45, 7) is 2.88. The molecule has 6 heteroatoms. The number of hydrogen-bond donors (Lipinski definition) is 1. The summed E-state index contributed by atoms with van der Waals surface area (Å²) < 4.78 is 7.15. The van der Waals surface area contributed by atoms with Crippen LogP contribution in [0.15, 0.2) is 41.8 Å². The Kier molecular flexibility index (Phi) is 4.51. The van der Waals surface area contributed by atoms with E-state index >= 15 is 0 Å². The summed E-state index contributed by atoms with van der Waals surface area (Å²) in [5.41, 5.74) is 3.93. The predicted octanol–water partition coefficient (Wildman–Crippen LogP) is 5.61. The first-order chi connectivity index (χ1) is 12.6. The molecular weight excluding hydrogens is 370 g/mol. The van der Waals surface area contributed by atoms with Crippen molar-refractivity contribution >= 4 is 44.8 Å². The molecule has 134 valence electrons. The lowest BCUT2D eigenvalue weighted by Crippen LogP contribution is -2.28. The normalized spacial score (nSPS) is 16.1. The molecule has 3 aromatic rings. The number of halogens is 1. The van der Waals surface area contributed by atoms with Crippen molar-refractivity contribution in [2.45, 2.75) is 19.4 Å². The van der Waals surface area contributed by atoms with E-state index < -0.39 is 6.09 Å². The minimum atomic E-state index is -0.958. The van der Waals surface area contributed by atoms with Crippen LogP contribution >= 0.6 is 22.9 Å². The maximum Gasteiger partial charge on any atom is 0.411 e. The topological polar surface area (TPSA) is 49.8 Å². The Balaban J connectivity index is 1.82. The quantitative estimate of drug-likeness (QED) is 0.592. The first kappa shape index (κ1) is 17.2. The fourth-order valence-electron chi connectivity index (χ4n) is 3.55. The van der Waals surface area contributed by atoms with Gasteiger partial charge >= 0.3 is 6.09 Å². The Hall–Kier alpha value is -2.24. The summed E-state index contributed by atoms with van der Waals surface area (Å²) in [6, 6.07) is 11.8. The maximum absolute atomic E-state index is 11.7. The Morgan fingerprint density at radius 2 is 2.15 bits per heavy atom. The highest BCUT2D eigenvalue weighted by Crippen LogP contribution is 2.48. The van der Waals surface area contributed by atoms with E-state index in [0.29, 0.717) is 24.7 Å². The van der Waals surface area contributed by atoms with Gasteiger partial charge in [0.25, 0.3) is 0 Å². The molecule has 1 amide bonds. The first-order valence-corrected chi connectivity index (χ1v) is 9.79. The van der Waals surface area contributed by atoms with Crippen LogP contribution in [-0.4, -0.2) is 23.6 Å². The van der Waals surface area contributed by atoms with Crippen LogP contribution in [0.4, 0.5) is 10.5 Å². The lowest BCUT2D eigenvalue weighted by atomic mass is 9.97. The van der Waals surface area contributed by atoms with E-state index in [4.69, 9.17) is 16.3 Å². The second kappa shape index (κ2) is 6.82. The number of ether oxygens (including phenoxy) is 1. The van der Waals surface area contributed by atoms with Gasteiger partial charge in [-0.2, -0.15) is 0 Å². The molecule has 0 saturated heterocycles. The smallest absolute Gasteiger partial charge is 0.411 e. The molecule has 1 unspecified atom stereocenters. The van der Waals surface area contributed by atoms with Crippen molar-refractivity contribution in [3.8, 4) is 5.75 Å². The fourth-order valence-corrected chi connectivity index (χ4v) is 4.84. The highest BCUT2D eigenvalue weighted by molar-refractivity contribution is 7.17. The summed E-state index contributed by atoms with van der Waals surface area (Å²) in [5, 5.41) is 12.8. The third kappa shape index (κ3) is 2.81. The van der Waals surface area contributed by atoms with Crippen molar-refractivity contribution in [2.75, 3.05) is 17.3 Å². The number of carboxylic acid groups (broad SMARTS) is 1. The van der Waals surface area contributed by atoms with Gasteiger partial charge in [0.05, 0.1) is 10.4 Å². The molecule has 2 aromatic carbocycles. The van der Waals surface area contributed by atoms with Crippen molar-refractivity contribution in [3.63, 3.8) is 0 Å². The minimum Gasteiger partial charge on any atom is -0.487 e. The van der Waals surface area contributed by atoms with Gasteiger partial charge in [-0.15, -0.1) is 22.9 Å². The SMILES string of the molecule is Cc1csc2c(OCc3ccccc3)cc3c(c12)C(CCl)CN3C(=O)O. The molecule has 1 aliphatic heterocycles. The van der Waals surface area contributed by atoms with Crippen LogP contribution in [0.3, 0.4) is 0 Å². The molecular formula is C20H18ClNO3S.